The van der Waals surface area contributed by atoms with Gasteiger partial charge in [0.25, 0.3) is 11.8 Å². The SMILES string of the molecule is Cn1ncc(NC(=O)c2nc(-c3ncccc3F)sc2N)c1N1CC[C@@H](N)CC(F)(F)C1. The second kappa shape index (κ2) is 8.39. The number of nitrogens with two attached hydrogens (primary N) is 2. The van der Waals surface area contributed by atoms with Crippen molar-refractivity contribution in [1.82, 2.24) is 19.7 Å². The number of rotatable bonds is 4. The van der Waals surface area contributed by atoms with E-state index in [0.29, 0.717) is 12.2 Å². The van der Waals surface area contributed by atoms with Crippen LogP contribution in [0, 0.1) is 5.82 Å². The summed E-state index contributed by atoms with van der Waals surface area (Å²) in [4.78, 5) is 22.4. The Labute approximate surface area is 185 Å². The highest BCUT2D eigenvalue weighted by Crippen LogP contribution is 2.34. The number of nitrogen functional groups attached to an aromatic ring is 1. The topological polar surface area (TPSA) is 128 Å². The van der Waals surface area contributed by atoms with Crippen molar-refractivity contribution in [2.75, 3.05) is 29.0 Å². The molecule has 1 amide bonds. The minimum atomic E-state index is -2.98. The zero-order valence-corrected chi connectivity index (χ0v) is 17.9. The Hall–Kier alpha value is -3.19. The quantitative estimate of drug-likeness (QED) is 0.539. The molecule has 5 N–H and O–H groups in total. The summed E-state index contributed by atoms with van der Waals surface area (Å²) in [6.45, 7) is -0.272. The molecule has 0 aliphatic carbocycles. The molecule has 1 atom stereocenters. The van der Waals surface area contributed by atoms with E-state index < -0.39 is 36.7 Å². The molecular weight excluding hydrogens is 445 g/mol. The van der Waals surface area contributed by atoms with Crippen molar-refractivity contribution in [2.24, 2.45) is 12.8 Å². The van der Waals surface area contributed by atoms with E-state index in [2.05, 4.69) is 20.4 Å². The van der Waals surface area contributed by atoms with E-state index in [1.54, 1.807) is 7.05 Å². The lowest BCUT2D eigenvalue weighted by Crippen LogP contribution is -2.37. The van der Waals surface area contributed by atoms with Crippen molar-refractivity contribution in [2.45, 2.75) is 24.8 Å². The Morgan fingerprint density at radius 3 is 2.94 bits per heavy atom. The molecule has 1 saturated heterocycles. The van der Waals surface area contributed by atoms with Gasteiger partial charge in [0.05, 0.1) is 12.7 Å². The van der Waals surface area contributed by atoms with Crippen molar-refractivity contribution in [1.29, 1.82) is 0 Å². The van der Waals surface area contributed by atoms with Gasteiger partial charge in [0, 0.05) is 32.3 Å². The number of hydrogen-bond donors (Lipinski definition) is 3. The average Bonchev–Trinajstić information content (AvgIpc) is 3.23. The summed E-state index contributed by atoms with van der Waals surface area (Å²) < 4.78 is 44.0. The van der Waals surface area contributed by atoms with Crippen LogP contribution in [0.3, 0.4) is 0 Å². The van der Waals surface area contributed by atoms with Gasteiger partial charge in [-0.3, -0.25) is 14.5 Å². The average molecular weight is 466 g/mol. The number of nitrogens with one attached hydrogen (secondary N) is 1. The molecule has 170 valence electrons. The van der Waals surface area contributed by atoms with E-state index in [9.17, 15) is 18.0 Å². The minimum Gasteiger partial charge on any atom is -0.389 e. The summed E-state index contributed by atoms with van der Waals surface area (Å²) in [6.07, 6.45) is 2.72. The molecule has 3 aromatic rings. The van der Waals surface area contributed by atoms with Gasteiger partial charge in [-0.05, 0) is 18.6 Å². The number of halogens is 3. The number of amides is 1. The number of alkyl halides is 2. The van der Waals surface area contributed by atoms with Gasteiger partial charge in [-0.25, -0.2) is 18.2 Å². The molecule has 1 aliphatic rings. The molecule has 4 rings (SSSR count). The Bertz CT molecular complexity index is 1150. The summed E-state index contributed by atoms with van der Waals surface area (Å²) in [6, 6.07) is 2.04. The van der Waals surface area contributed by atoms with E-state index in [0.717, 1.165) is 11.3 Å². The van der Waals surface area contributed by atoms with Gasteiger partial charge >= 0.3 is 0 Å². The number of pyridine rings is 1. The molecular formula is C19H21F3N8OS. The maximum absolute atomic E-state index is 14.3. The number of aromatic nitrogens is 4. The van der Waals surface area contributed by atoms with Crippen LogP contribution in [-0.2, 0) is 7.05 Å². The molecule has 3 aromatic heterocycles. The highest BCUT2D eigenvalue weighted by molar-refractivity contribution is 7.19. The van der Waals surface area contributed by atoms with Crippen molar-refractivity contribution in [3.63, 3.8) is 0 Å². The molecule has 0 unspecified atom stereocenters. The fourth-order valence-corrected chi connectivity index (χ4v) is 4.45. The van der Waals surface area contributed by atoms with Crippen LogP contribution in [0.4, 0.5) is 29.7 Å². The van der Waals surface area contributed by atoms with E-state index in [1.165, 1.54) is 34.1 Å². The number of thiazole rings is 1. The third-order valence-corrected chi connectivity index (χ3v) is 5.93. The molecule has 0 bridgehead atoms. The van der Waals surface area contributed by atoms with Crippen LogP contribution in [0.15, 0.2) is 24.5 Å². The Kier molecular flexibility index (Phi) is 5.77. The van der Waals surface area contributed by atoms with Gasteiger partial charge in [-0.1, -0.05) is 11.3 Å². The number of carbonyl (C=O) groups excluding carboxylic acids is 1. The second-order valence-corrected chi connectivity index (χ2v) is 8.59. The highest BCUT2D eigenvalue weighted by atomic mass is 32.1. The molecule has 13 heteroatoms. The summed E-state index contributed by atoms with van der Waals surface area (Å²) in [5.41, 5.74) is 11.8. The summed E-state index contributed by atoms with van der Waals surface area (Å²) in [5, 5.41) is 6.95. The third-order valence-electron chi connectivity index (χ3n) is 5.04. The number of anilines is 3. The lowest BCUT2D eigenvalue weighted by Gasteiger charge is -2.26. The predicted octanol–water partition coefficient (Wildman–Crippen LogP) is 2.48. The second-order valence-electron chi connectivity index (χ2n) is 7.56. The zero-order valence-electron chi connectivity index (χ0n) is 17.1. The fraction of sp³-hybridized carbons (Fsp3) is 0.368. The summed E-state index contributed by atoms with van der Waals surface area (Å²) in [5.74, 6) is -3.93. The van der Waals surface area contributed by atoms with Crippen LogP contribution in [0.25, 0.3) is 10.7 Å². The summed E-state index contributed by atoms with van der Waals surface area (Å²) >= 11 is 0.920. The molecule has 0 aromatic carbocycles. The van der Waals surface area contributed by atoms with Crippen molar-refractivity contribution >= 4 is 33.8 Å². The Morgan fingerprint density at radius 2 is 2.19 bits per heavy atom. The van der Waals surface area contributed by atoms with Gasteiger partial charge in [0.1, 0.15) is 21.4 Å². The number of carbonyl (C=O) groups is 1. The van der Waals surface area contributed by atoms with Crippen LogP contribution in [-0.4, -0.2) is 50.7 Å². The molecule has 1 aliphatic heterocycles. The van der Waals surface area contributed by atoms with Gasteiger partial charge in [0.15, 0.2) is 17.3 Å². The Balaban J connectivity index is 1.60. The molecule has 0 saturated carbocycles. The van der Waals surface area contributed by atoms with Crippen molar-refractivity contribution in [3.8, 4) is 10.7 Å². The first-order valence-corrected chi connectivity index (χ1v) is 10.5. The fourth-order valence-electron chi connectivity index (χ4n) is 3.63. The van der Waals surface area contributed by atoms with Crippen LogP contribution < -0.4 is 21.7 Å². The molecule has 32 heavy (non-hydrogen) atoms. The number of aryl methyl sites for hydroxylation is 1. The largest absolute Gasteiger partial charge is 0.389 e. The lowest BCUT2D eigenvalue weighted by atomic mass is 10.1. The minimum absolute atomic E-state index is 0.0200. The van der Waals surface area contributed by atoms with Crippen molar-refractivity contribution < 1.29 is 18.0 Å². The molecule has 0 spiro atoms. The van der Waals surface area contributed by atoms with E-state index >= 15 is 0 Å². The standard InChI is InChI=1S/C19H21F3N8OS/c1-29-18(30-6-4-10(23)7-19(21,22)9-30)12(8-26-29)27-16(31)14-15(24)32-17(28-14)13-11(20)3-2-5-25-13/h2-3,5,8,10H,4,6-7,9,23-24H2,1H3,(H,27,31)/t10-/m1/s1. The normalized spacial score (nSPS) is 18.4. The monoisotopic (exact) mass is 466 g/mol. The van der Waals surface area contributed by atoms with Gasteiger partial charge < -0.3 is 21.7 Å². The van der Waals surface area contributed by atoms with Crippen LogP contribution in [0.1, 0.15) is 23.3 Å². The lowest BCUT2D eigenvalue weighted by molar-refractivity contribution is -0.000526. The van der Waals surface area contributed by atoms with Crippen molar-refractivity contribution in [3.05, 3.63) is 36.0 Å². The maximum atomic E-state index is 14.3. The van der Waals surface area contributed by atoms with Gasteiger partial charge in [-0.2, -0.15) is 5.10 Å². The maximum Gasteiger partial charge on any atom is 0.277 e. The van der Waals surface area contributed by atoms with E-state index in [1.807, 2.05) is 0 Å². The smallest absolute Gasteiger partial charge is 0.277 e. The first kappa shape index (κ1) is 22.0. The van der Waals surface area contributed by atoms with E-state index in [4.69, 9.17) is 11.5 Å². The molecule has 9 nitrogen and oxygen atoms in total. The van der Waals surface area contributed by atoms with Crippen LogP contribution in [0.2, 0.25) is 0 Å². The van der Waals surface area contributed by atoms with Gasteiger partial charge in [-0.15, -0.1) is 0 Å². The number of hydrogen-bond acceptors (Lipinski definition) is 8. The zero-order chi connectivity index (χ0) is 23.0. The first-order valence-electron chi connectivity index (χ1n) is 9.73. The van der Waals surface area contributed by atoms with E-state index in [-0.39, 0.29) is 33.6 Å². The third kappa shape index (κ3) is 4.39. The predicted molar refractivity (Wildman–Crippen MR) is 115 cm³/mol. The van der Waals surface area contributed by atoms with Crippen LogP contribution in [0.5, 0.6) is 0 Å². The number of nitrogens with zero attached hydrogens (tertiary/aromatic N) is 5. The van der Waals surface area contributed by atoms with Gasteiger partial charge in [0.2, 0.25) is 0 Å². The molecule has 4 heterocycles. The Morgan fingerprint density at radius 1 is 1.41 bits per heavy atom. The first-order chi connectivity index (χ1) is 15.1. The van der Waals surface area contributed by atoms with Crippen LogP contribution >= 0.6 is 11.3 Å². The molecule has 0 radical (unpaired) electrons. The summed E-state index contributed by atoms with van der Waals surface area (Å²) in [7, 11) is 1.59. The molecule has 1 fully saturated rings. The highest BCUT2D eigenvalue weighted by Gasteiger charge is 2.38.